The number of halogens is 2. The second-order valence-electron chi connectivity index (χ2n) is 7.83. The molecule has 1 fully saturated rings. The van der Waals surface area contributed by atoms with Gasteiger partial charge >= 0.3 is 0 Å². The molecule has 0 aliphatic carbocycles. The highest BCUT2D eigenvalue weighted by atomic mass is 35.5. The molecule has 0 radical (unpaired) electrons. The number of aromatic nitrogens is 1. The van der Waals surface area contributed by atoms with Gasteiger partial charge in [0.15, 0.2) is 0 Å². The zero-order valence-electron chi connectivity index (χ0n) is 18.0. The summed E-state index contributed by atoms with van der Waals surface area (Å²) in [6, 6.07) is 12.2. The Hall–Kier alpha value is -3.06. The molecule has 1 aromatic heterocycles. The molecule has 8 heteroatoms. The Morgan fingerprint density at radius 1 is 1.09 bits per heavy atom. The Labute approximate surface area is 191 Å². The lowest BCUT2D eigenvalue weighted by molar-refractivity contribution is -0.120. The molecular weight excluding hydrogens is 431 g/mol. The number of benzene rings is 2. The van der Waals surface area contributed by atoms with Crippen molar-refractivity contribution >= 4 is 40.0 Å². The highest BCUT2D eigenvalue weighted by Crippen LogP contribution is 2.27. The standard InChI is InChI=1S/C24H26ClFN4O2/c1-2-23(31)27-9-10-30-16-19(18-8-7-17(25)15-22(18)30)24(32)29-13-11-28(12-14-29)21-6-4-3-5-20(21)26/h3-8,15-16H,2,9-14H2,1H3,(H,27,31). The number of piperazine rings is 1. The van der Waals surface area contributed by atoms with E-state index in [1.54, 1.807) is 18.2 Å². The Morgan fingerprint density at radius 3 is 2.56 bits per heavy atom. The molecule has 6 nitrogen and oxygen atoms in total. The third-order valence-corrected chi connectivity index (χ3v) is 6.07. The van der Waals surface area contributed by atoms with E-state index >= 15 is 0 Å². The lowest BCUT2D eigenvalue weighted by Gasteiger charge is -2.36. The molecule has 2 aromatic carbocycles. The van der Waals surface area contributed by atoms with Gasteiger partial charge in [0.25, 0.3) is 5.91 Å². The largest absolute Gasteiger partial charge is 0.366 e. The molecule has 32 heavy (non-hydrogen) atoms. The van der Waals surface area contributed by atoms with E-state index in [1.807, 2.05) is 45.7 Å². The van der Waals surface area contributed by atoms with Crippen molar-refractivity contribution in [1.82, 2.24) is 14.8 Å². The fourth-order valence-corrected chi connectivity index (χ4v) is 4.26. The van der Waals surface area contributed by atoms with Gasteiger partial charge in [-0.15, -0.1) is 0 Å². The molecule has 1 N–H and O–H groups in total. The quantitative estimate of drug-likeness (QED) is 0.611. The number of carbonyl (C=O) groups excluding carboxylic acids is 2. The summed E-state index contributed by atoms with van der Waals surface area (Å²) in [5.41, 5.74) is 2.04. The first-order chi connectivity index (χ1) is 15.5. The average Bonchev–Trinajstić information content (AvgIpc) is 3.16. The first-order valence-electron chi connectivity index (χ1n) is 10.8. The SMILES string of the molecule is CCC(=O)NCCn1cc(C(=O)N2CCN(c3ccccc3F)CC2)c2ccc(Cl)cc21. The van der Waals surface area contributed by atoms with Crippen LogP contribution >= 0.6 is 11.6 Å². The van der Waals surface area contributed by atoms with Crippen LogP contribution in [-0.4, -0.2) is 54.0 Å². The highest BCUT2D eigenvalue weighted by molar-refractivity contribution is 6.31. The molecule has 1 saturated heterocycles. The van der Waals surface area contributed by atoms with E-state index in [4.69, 9.17) is 11.6 Å². The summed E-state index contributed by atoms with van der Waals surface area (Å²) < 4.78 is 16.1. The molecule has 0 unspecified atom stereocenters. The van der Waals surface area contributed by atoms with Crippen molar-refractivity contribution in [1.29, 1.82) is 0 Å². The van der Waals surface area contributed by atoms with Crippen molar-refractivity contribution in [2.75, 3.05) is 37.6 Å². The molecule has 3 aromatic rings. The monoisotopic (exact) mass is 456 g/mol. The summed E-state index contributed by atoms with van der Waals surface area (Å²) >= 11 is 6.21. The summed E-state index contributed by atoms with van der Waals surface area (Å²) in [6.07, 6.45) is 2.27. The number of amides is 2. The minimum Gasteiger partial charge on any atom is -0.366 e. The van der Waals surface area contributed by atoms with Gasteiger partial charge in [-0.2, -0.15) is 0 Å². The number of rotatable bonds is 6. The maximum Gasteiger partial charge on any atom is 0.256 e. The van der Waals surface area contributed by atoms with Crippen molar-refractivity contribution in [3.63, 3.8) is 0 Å². The first kappa shape index (κ1) is 22.1. The van der Waals surface area contributed by atoms with Crippen LogP contribution in [0.3, 0.4) is 0 Å². The summed E-state index contributed by atoms with van der Waals surface area (Å²) in [4.78, 5) is 28.7. The Morgan fingerprint density at radius 2 is 1.84 bits per heavy atom. The number of para-hydroxylation sites is 1. The second-order valence-corrected chi connectivity index (χ2v) is 8.27. The van der Waals surface area contributed by atoms with Gasteiger partial charge in [-0.05, 0) is 24.3 Å². The van der Waals surface area contributed by atoms with E-state index in [9.17, 15) is 14.0 Å². The third kappa shape index (κ3) is 4.58. The lowest BCUT2D eigenvalue weighted by atomic mass is 10.1. The van der Waals surface area contributed by atoms with Gasteiger partial charge in [-0.25, -0.2) is 4.39 Å². The van der Waals surface area contributed by atoms with Crippen LogP contribution < -0.4 is 10.2 Å². The fourth-order valence-electron chi connectivity index (χ4n) is 4.09. The van der Waals surface area contributed by atoms with Crippen molar-refractivity contribution in [3.05, 3.63) is 65.1 Å². The summed E-state index contributed by atoms with van der Waals surface area (Å²) in [5, 5.41) is 4.28. The maximum absolute atomic E-state index is 14.1. The molecule has 0 saturated carbocycles. The number of fused-ring (bicyclic) bond motifs is 1. The number of hydrogen-bond acceptors (Lipinski definition) is 3. The van der Waals surface area contributed by atoms with Gasteiger partial charge in [0, 0.05) is 62.3 Å². The minimum absolute atomic E-state index is 0.0106. The van der Waals surface area contributed by atoms with Gasteiger partial charge < -0.3 is 19.7 Å². The molecule has 1 aliphatic rings. The highest BCUT2D eigenvalue weighted by Gasteiger charge is 2.26. The number of hydrogen-bond donors (Lipinski definition) is 1. The topological polar surface area (TPSA) is 57.6 Å². The van der Waals surface area contributed by atoms with Crippen molar-refractivity contribution in [2.45, 2.75) is 19.9 Å². The van der Waals surface area contributed by atoms with E-state index in [-0.39, 0.29) is 17.6 Å². The number of anilines is 1. The van der Waals surface area contributed by atoms with Gasteiger partial charge in [-0.3, -0.25) is 9.59 Å². The van der Waals surface area contributed by atoms with E-state index < -0.39 is 0 Å². The Bertz CT molecular complexity index is 1140. The zero-order chi connectivity index (χ0) is 22.7. The summed E-state index contributed by atoms with van der Waals surface area (Å²) in [7, 11) is 0. The van der Waals surface area contributed by atoms with Crippen molar-refractivity contribution in [3.8, 4) is 0 Å². The van der Waals surface area contributed by atoms with Crippen LogP contribution in [0.5, 0.6) is 0 Å². The van der Waals surface area contributed by atoms with Gasteiger partial charge in [-0.1, -0.05) is 36.7 Å². The Kier molecular flexibility index (Phi) is 6.65. The third-order valence-electron chi connectivity index (χ3n) is 5.83. The zero-order valence-corrected chi connectivity index (χ0v) is 18.7. The van der Waals surface area contributed by atoms with Crippen LogP contribution in [0.25, 0.3) is 10.9 Å². The van der Waals surface area contributed by atoms with Crippen LogP contribution in [0.2, 0.25) is 5.02 Å². The van der Waals surface area contributed by atoms with Gasteiger partial charge in [0.2, 0.25) is 5.91 Å². The smallest absolute Gasteiger partial charge is 0.256 e. The Balaban J connectivity index is 1.51. The van der Waals surface area contributed by atoms with Crippen LogP contribution in [0.1, 0.15) is 23.7 Å². The maximum atomic E-state index is 14.1. The van der Waals surface area contributed by atoms with E-state index in [2.05, 4.69) is 5.32 Å². The van der Waals surface area contributed by atoms with Gasteiger partial charge in [0.1, 0.15) is 5.82 Å². The number of nitrogens with one attached hydrogen (secondary N) is 1. The fraction of sp³-hybridized carbons (Fsp3) is 0.333. The molecule has 0 atom stereocenters. The van der Waals surface area contributed by atoms with Crippen molar-refractivity contribution < 1.29 is 14.0 Å². The molecule has 1 aliphatic heterocycles. The van der Waals surface area contributed by atoms with E-state index in [1.165, 1.54) is 6.07 Å². The van der Waals surface area contributed by atoms with Crippen LogP contribution in [-0.2, 0) is 11.3 Å². The predicted molar refractivity (Wildman–Crippen MR) is 125 cm³/mol. The molecule has 168 valence electrons. The van der Waals surface area contributed by atoms with Crippen LogP contribution in [0.15, 0.2) is 48.7 Å². The molecule has 2 heterocycles. The number of nitrogens with zero attached hydrogens (tertiary/aromatic N) is 3. The molecule has 2 amide bonds. The van der Waals surface area contributed by atoms with Crippen LogP contribution in [0, 0.1) is 5.82 Å². The first-order valence-corrected chi connectivity index (χ1v) is 11.2. The molecule has 4 rings (SSSR count). The summed E-state index contributed by atoms with van der Waals surface area (Å²) in [5.74, 6) is -0.312. The van der Waals surface area contributed by atoms with Gasteiger partial charge in [0.05, 0.1) is 16.8 Å². The van der Waals surface area contributed by atoms with E-state index in [0.717, 1.165) is 10.9 Å². The van der Waals surface area contributed by atoms with Crippen molar-refractivity contribution in [2.24, 2.45) is 0 Å². The van der Waals surface area contributed by atoms with Crippen LogP contribution in [0.4, 0.5) is 10.1 Å². The number of carbonyl (C=O) groups is 2. The summed E-state index contributed by atoms with van der Waals surface area (Å²) in [6.45, 7) is 4.98. The van der Waals surface area contributed by atoms with E-state index in [0.29, 0.717) is 62.0 Å². The predicted octanol–water partition coefficient (Wildman–Crippen LogP) is 3.92. The lowest BCUT2D eigenvalue weighted by Crippen LogP contribution is -2.49. The molecular formula is C24H26ClFN4O2. The minimum atomic E-state index is -0.248. The second kappa shape index (κ2) is 9.61. The normalized spacial score (nSPS) is 14.1. The molecule has 0 bridgehead atoms. The average molecular weight is 457 g/mol. The molecule has 0 spiro atoms.